The molecule has 0 aliphatic carbocycles. The van der Waals surface area contributed by atoms with E-state index in [1.54, 1.807) is 0 Å². The van der Waals surface area contributed by atoms with Gasteiger partial charge in [0, 0.05) is 32.7 Å². The SMILES string of the molecule is Cc1nnc(NC(=O)CN2CCN(Cc3ccc4c(c3)OCO4)CC2)s1. The van der Waals surface area contributed by atoms with E-state index in [2.05, 4.69) is 31.4 Å². The van der Waals surface area contributed by atoms with Crippen LogP contribution in [0.5, 0.6) is 11.5 Å². The number of rotatable bonds is 5. The molecule has 1 fully saturated rings. The highest BCUT2D eigenvalue weighted by atomic mass is 32.1. The standard InChI is InChI=1S/C17H21N5O3S/c1-12-19-20-17(26-12)18-16(23)10-22-6-4-21(5-7-22)9-13-2-3-14-15(8-13)25-11-24-14/h2-3,8H,4-7,9-11H2,1H3,(H,18,20,23). The first kappa shape index (κ1) is 17.2. The molecule has 1 aromatic heterocycles. The lowest BCUT2D eigenvalue weighted by atomic mass is 10.1. The fourth-order valence-corrected chi connectivity index (χ4v) is 3.72. The van der Waals surface area contributed by atoms with Crippen molar-refractivity contribution in [3.8, 4) is 11.5 Å². The van der Waals surface area contributed by atoms with Crippen molar-refractivity contribution < 1.29 is 14.3 Å². The van der Waals surface area contributed by atoms with Crippen LogP contribution in [-0.4, -0.2) is 65.4 Å². The minimum atomic E-state index is -0.0367. The molecule has 8 nitrogen and oxygen atoms in total. The molecule has 1 N–H and O–H groups in total. The summed E-state index contributed by atoms with van der Waals surface area (Å²) in [6, 6.07) is 6.09. The molecule has 4 rings (SSSR count). The van der Waals surface area contributed by atoms with Gasteiger partial charge in [-0.05, 0) is 24.6 Å². The van der Waals surface area contributed by atoms with Crippen LogP contribution in [0.3, 0.4) is 0 Å². The minimum Gasteiger partial charge on any atom is -0.454 e. The predicted molar refractivity (Wildman–Crippen MR) is 97.6 cm³/mol. The van der Waals surface area contributed by atoms with Crippen LogP contribution in [0.25, 0.3) is 0 Å². The first-order valence-electron chi connectivity index (χ1n) is 8.59. The van der Waals surface area contributed by atoms with Crippen molar-refractivity contribution >= 4 is 22.4 Å². The molecule has 1 aromatic carbocycles. The monoisotopic (exact) mass is 375 g/mol. The van der Waals surface area contributed by atoms with Gasteiger partial charge < -0.3 is 9.47 Å². The summed E-state index contributed by atoms with van der Waals surface area (Å²) in [5.41, 5.74) is 1.21. The summed E-state index contributed by atoms with van der Waals surface area (Å²) in [5.74, 6) is 1.60. The third-order valence-electron chi connectivity index (χ3n) is 4.45. The molecule has 2 aromatic rings. The zero-order chi connectivity index (χ0) is 17.9. The van der Waals surface area contributed by atoms with Crippen molar-refractivity contribution in [1.29, 1.82) is 0 Å². The molecule has 9 heteroatoms. The maximum atomic E-state index is 12.1. The van der Waals surface area contributed by atoms with Crippen LogP contribution < -0.4 is 14.8 Å². The molecule has 2 aliphatic heterocycles. The second kappa shape index (κ2) is 7.56. The van der Waals surface area contributed by atoms with Gasteiger partial charge in [0.2, 0.25) is 17.8 Å². The summed E-state index contributed by atoms with van der Waals surface area (Å²) in [6.45, 7) is 7.03. The zero-order valence-electron chi connectivity index (χ0n) is 14.6. The van der Waals surface area contributed by atoms with Crippen LogP contribution in [0.4, 0.5) is 5.13 Å². The Bertz CT molecular complexity index is 788. The number of nitrogens with one attached hydrogen (secondary N) is 1. The number of nitrogens with zero attached hydrogens (tertiary/aromatic N) is 4. The van der Waals surface area contributed by atoms with Crippen LogP contribution in [0, 0.1) is 6.92 Å². The summed E-state index contributed by atoms with van der Waals surface area (Å²) in [4.78, 5) is 16.7. The van der Waals surface area contributed by atoms with Gasteiger partial charge in [0.15, 0.2) is 11.5 Å². The number of carbonyl (C=O) groups excluding carboxylic acids is 1. The summed E-state index contributed by atoms with van der Waals surface area (Å²) >= 11 is 1.39. The van der Waals surface area contributed by atoms with E-state index in [-0.39, 0.29) is 5.91 Å². The second-order valence-corrected chi connectivity index (χ2v) is 7.60. The van der Waals surface area contributed by atoms with Gasteiger partial charge in [-0.25, -0.2) is 0 Å². The topological polar surface area (TPSA) is 79.8 Å². The van der Waals surface area contributed by atoms with E-state index in [1.165, 1.54) is 16.9 Å². The fraction of sp³-hybridized carbons (Fsp3) is 0.471. The number of anilines is 1. The van der Waals surface area contributed by atoms with E-state index in [0.29, 0.717) is 18.5 Å². The van der Waals surface area contributed by atoms with E-state index in [1.807, 2.05) is 19.1 Å². The van der Waals surface area contributed by atoms with E-state index in [4.69, 9.17) is 9.47 Å². The first-order chi connectivity index (χ1) is 12.7. The molecule has 0 radical (unpaired) electrons. The molecule has 1 saturated heterocycles. The first-order valence-corrected chi connectivity index (χ1v) is 9.40. The number of benzene rings is 1. The number of fused-ring (bicyclic) bond motifs is 1. The fourth-order valence-electron chi connectivity index (χ4n) is 3.11. The summed E-state index contributed by atoms with van der Waals surface area (Å²) in [6.07, 6.45) is 0. The number of aryl methyl sites for hydroxylation is 1. The van der Waals surface area contributed by atoms with E-state index >= 15 is 0 Å². The normalized spacial score (nSPS) is 17.4. The Morgan fingerprint density at radius 3 is 2.69 bits per heavy atom. The zero-order valence-corrected chi connectivity index (χ0v) is 15.4. The van der Waals surface area contributed by atoms with Gasteiger partial charge >= 0.3 is 0 Å². The van der Waals surface area contributed by atoms with Gasteiger partial charge in [-0.2, -0.15) is 0 Å². The highest BCUT2D eigenvalue weighted by molar-refractivity contribution is 7.15. The Balaban J connectivity index is 1.23. The molecule has 0 atom stereocenters. The Morgan fingerprint density at radius 1 is 1.15 bits per heavy atom. The average Bonchev–Trinajstić information content (AvgIpc) is 3.25. The van der Waals surface area contributed by atoms with Crippen molar-refractivity contribution in [3.63, 3.8) is 0 Å². The van der Waals surface area contributed by atoms with Crippen molar-refractivity contribution in [2.75, 3.05) is 44.8 Å². The van der Waals surface area contributed by atoms with Crippen LogP contribution in [0.15, 0.2) is 18.2 Å². The quantitative estimate of drug-likeness (QED) is 0.844. The highest BCUT2D eigenvalue weighted by Crippen LogP contribution is 2.32. The maximum Gasteiger partial charge on any atom is 0.240 e. The molecule has 2 aliphatic rings. The number of ether oxygens (including phenoxy) is 2. The van der Waals surface area contributed by atoms with Crippen LogP contribution >= 0.6 is 11.3 Å². The third-order valence-corrected chi connectivity index (χ3v) is 5.20. The lowest BCUT2D eigenvalue weighted by Gasteiger charge is -2.34. The second-order valence-electron chi connectivity index (χ2n) is 6.41. The average molecular weight is 375 g/mol. The molecule has 3 heterocycles. The number of piperazine rings is 1. The molecule has 0 unspecified atom stereocenters. The number of amides is 1. The minimum absolute atomic E-state index is 0.0367. The number of aromatic nitrogens is 2. The maximum absolute atomic E-state index is 12.1. The van der Waals surface area contributed by atoms with Crippen molar-refractivity contribution in [2.45, 2.75) is 13.5 Å². The van der Waals surface area contributed by atoms with Gasteiger partial charge in [0.05, 0.1) is 6.54 Å². The molecular formula is C17H21N5O3S. The van der Waals surface area contributed by atoms with Crippen LogP contribution in [-0.2, 0) is 11.3 Å². The Morgan fingerprint density at radius 2 is 1.92 bits per heavy atom. The molecular weight excluding hydrogens is 354 g/mol. The molecule has 138 valence electrons. The Labute approximate surface area is 155 Å². The molecule has 0 bridgehead atoms. The number of hydrogen-bond donors (Lipinski definition) is 1. The van der Waals surface area contributed by atoms with Crippen LogP contribution in [0.2, 0.25) is 0 Å². The van der Waals surface area contributed by atoms with Crippen molar-refractivity contribution in [3.05, 3.63) is 28.8 Å². The van der Waals surface area contributed by atoms with Gasteiger partial charge in [-0.3, -0.25) is 19.9 Å². The highest BCUT2D eigenvalue weighted by Gasteiger charge is 2.20. The van der Waals surface area contributed by atoms with Crippen molar-refractivity contribution in [1.82, 2.24) is 20.0 Å². The van der Waals surface area contributed by atoms with Crippen molar-refractivity contribution in [2.24, 2.45) is 0 Å². The summed E-state index contributed by atoms with van der Waals surface area (Å²) < 4.78 is 10.8. The van der Waals surface area contributed by atoms with Gasteiger partial charge in [-0.15, -0.1) is 10.2 Å². The Hall–Kier alpha value is -2.23. The van der Waals surface area contributed by atoms with Gasteiger partial charge in [-0.1, -0.05) is 17.4 Å². The molecule has 0 saturated carbocycles. The molecule has 1 amide bonds. The molecule has 26 heavy (non-hydrogen) atoms. The lowest BCUT2D eigenvalue weighted by molar-refractivity contribution is -0.117. The van der Waals surface area contributed by atoms with Gasteiger partial charge in [0.25, 0.3) is 0 Å². The summed E-state index contributed by atoms with van der Waals surface area (Å²) in [7, 11) is 0. The van der Waals surface area contributed by atoms with Gasteiger partial charge in [0.1, 0.15) is 5.01 Å². The third kappa shape index (κ3) is 4.12. The number of carbonyl (C=O) groups is 1. The molecule has 0 spiro atoms. The Kier molecular flexibility index (Phi) is 5.00. The number of hydrogen-bond acceptors (Lipinski definition) is 8. The predicted octanol–water partition coefficient (Wildman–Crippen LogP) is 1.33. The smallest absolute Gasteiger partial charge is 0.240 e. The summed E-state index contributed by atoms with van der Waals surface area (Å²) in [5, 5.41) is 12.0. The van der Waals surface area contributed by atoms with E-state index in [9.17, 15) is 4.79 Å². The largest absolute Gasteiger partial charge is 0.454 e. The lowest BCUT2D eigenvalue weighted by Crippen LogP contribution is -2.48. The van der Waals surface area contributed by atoms with Crippen LogP contribution in [0.1, 0.15) is 10.6 Å². The van der Waals surface area contributed by atoms with E-state index in [0.717, 1.165) is 49.2 Å². The van der Waals surface area contributed by atoms with E-state index < -0.39 is 0 Å².